The Morgan fingerprint density at radius 3 is 2.30 bits per heavy atom. The first-order valence-corrected chi connectivity index (χ1v) is 3.14. The van der Waals surface area contributed by atoms with E-state index < -0.39 is 25.3 Å². The van der Waals surface area contributed by atoms with Gasteiger partial charge in [0.1, 0.15) is 6.17 Å². The smallest absolute Gasteiger partial charge is 0.317 e. The lowest BCUT2D eigenvalue weighted by Crippen LogP contribution is -2.23. The largest absolute Gasteiger partial charge is 0.355 e. The van der Waals surface area contributed by atoms with Crippen LogP contribution in [-0.2, 0) is 4.74 Å². The maximum atomic E-state index is 12.1. The zero-order chi connectivity index (χ0) is 8.20. The molecule has 1 atom stereocenters. The van der Waals surface area contributed by atoms with E-state index in [2.05, 4.69) is 4.74 Å². The number of alkyl halides is 3. The molecule has 0 aromatic heterocycles. The van der Waals surface area contributed by atoms with Crippen LogP contribution in [0.25, 0.3) is 0 Å². The zero-order valence-electron chi connectivity index (χ0n) is 6.03. The minimum Gasteiger partial charge on any atom is -0.317 e. The van der Waals surface area contributed by atoms with Crippen LogP contribution in [0.4, 0.5) is 13.2 Å². The van der Waals surface area contributed by atoms with Gasteiger partial charge in [-0.25, -0.2) is 4.39 Å². The average molecular weight is 156 g/mol. The molecule has 0 aromatic carbocycles. The van der Waals surface area contributed by atoms with E-state index in [1.54, 1.807) is 0 Å². The van der Waals surface area contributed by atoms with Gasteiger partial charge in [0.05, 0.1) is 6.61 Å². The molecule has 0 rings (SSSR count). The van der Waals surface area contributed by atoms with Crippen LogP contribution in [-0.4, -0.2) is 18.9 Å². The third-order valence-corrected chi connectivity index (χ3v) is 0.936. The van der Waals surface area contributed by atoms with Gasteiger partial charge in [-0.1, -0.05) is 6.92 Å². The van der Waals surface area contributed by atoms with Gasteiger partial charge in [0.2, 0.25) is 0 Å². The van der Waals surface area contributed by atoms with Crippen molar-refractivity contribution in [3.05, 3.63) is 0 Å². The van der Waals surface area contributed by atoms with Crippen molar-refractivity contribution in [3.8, 4) is 0 Å². The summed E-state index contributed by atoms with van der Waals surface area (Å²) in [4.78, 5) is 0. The molecule has 0 aliphatic carbocycles. The molecule has 0 fully saturated rings. The van der Waals surface area contributed by atoms with Gasteiger partial charge in [0.25, 0.3) is 0 Å². The highest BCUT2D eigenvalue weighted by Gasteiger charge is 2.27. The first-order valence-electron chi connectivity index (χ1n) is 3.14. The van der Waals surface area contributed by atoms with Gasteiger partial charge in [-0.2, -0.15) is 8.78 Å². The maximum Gasteiger partial charge on any atom is 0.355 e. The molecule has 0 aromatic rings. The summed E-state index contributed by atoms with van der Waals surface area (Å²) in [5, 5.41) is 0. The number of hydrogen-bond acceptors (Lipinski definition) is 1. The molecule has 0 heterocycles. The van der Waals surface area contributed by atoms with E-state index in [9.17, 15) is 13.2 Å². The lowest BCUT2D eigenvalue weighted by molar-refractivity contribution is -0.245. The van der Waals surface area contributed by atoms with E-state index in [1.165, 1.54) is 13.8 Å². The summed E-state index contributed by atoms with van der Waals surface area (Å²) in [7, 11) is 0. The van der Waals surface area contributed by atoms with Crippen LogP contribution in [0.3, 0.4) is 0 Å². The van der Waals surface area contributed by atoms with Crippen LogP contribution >= 0.6 is 0 Å². The second kappa shape index (κ2) is 3.81. The summed E-state index contributed by atoms with van der Waals surface area (Å²) < 4.78 is 40.1. The molecule has 62 valence electrons. The first kappa shape index (κ1) is 9.75. The van der Waals surface area contributed by atoms with Crippen LogP contribution in [0.5, 0.6) is 0 Å². The Morgan fingerprint density at radius 2 is 2.00 bits per heavy atom. The first-order chi connectivity index (χ1) is 4.48. The van der Waals surface area contributed by atoms with Gasteiger partial charge in [0, 0.05) is 6.42 Å². The Labute approximate surface area is 58.2 Å². The second-order valence-corrected chi connectivity index (χ2v) is 2.08. The molecule has 0 aliphatic rings. The van der Waals surface area contributed by atoms with Crippen molar-refractivity contribution in [1.29, 1.82) is 0 Å². The normalized spacial score (nSPS) is 15.3. The van der Waals surface area contributed by atoms with Gasteiger partial charge < -0.3 is 4.74 Å². The fraction of sp³-hybridized carbons (Fsp3) is 1.00. The molecule has 4 heteroatoms. The maximum absolute atomic E-state index is 12.1. The predicted molar refractivity (Wildman–Crippen MR) is 31.8 cm³/mol. The number of rotatable bonds is 4. The molecule has 0 aliphatic heterocycles. The Hall–Kier alpha value is -0.250. The Morgan fingerprint density at radius 1 is 1.50 bits per heavy atom. The van der Waals surface area contributed by atoms with Crippen LogP contribution in [0.2, 0.25) is 0 Å². The average Bonchev–Trinajstić information content (AvgIpc) is 1.85. The molecule has 1 nitrogen and oxygen atoms in total. The highest BCUT2D eigenvalue weighted by atomic mass is 19.3. The van der Waals surface area contributed by atoms with E-state index in [0.29, 0.717) is 0 Å². The summed E-state index contributed by atoms with van der Waals surface area (Å²) in [5.41, 5.74) is 0. The third-order valence-electron chi connectivity index (χ3n) is 0.936. The predicted octanol–water partition coefficient (Wildman–Crippen LogP) is 2.36. The van der Waals surface area contributed by atoms with Crippen molar-refractivity contribution in [2.45, 2.75) is 32.5 Å². The molecule has 0 radical (unpaired) electrons. The lowest BCUT2D eigenvalue weighted by Gasteiger charge is -2.14. The van der Waals surface area contributed by atoms with E-state index in [0.717, 1.165) is 0 Å². The van der Waals surface area contributed by atoms with Gasteiger partial charge in [0.15, 0.2) is 0 Å². The molecular formula is C6H11F3O. The zero-order valence-corrected chi connectivity index (χ0v) is 6.03. The highest BCUT2D eigenvalue weighted by molar-refractivity contribution is 4.50. The summed E-state index contributed by atoms with van der Waals surface area (Å²) >= 11 is 0. The minimum atomic E-state index is -3.17. The minimum absolute atomic E-state index is 0.417. The quantitative estimate of drug-likeness (QED) is 0.607. The monoisotopic (exact) mass is 156 g/mol. The molecule has 0 saturated carbocycles. The molecule has 0 amide bonds. The summed E-state index contributed by atoms with van der Waals surface area (Å²) in [6.45, 7) is 1.91. The van der Waals surface area contributed by atoms with Crippen LogP contribution in [0, 0.1) is 0 Å². The van der Waals surface area contributed by atoms with E-state index in [-0.39, 0.29) is 0 Å². The van der Waals surface area contributed by atoms with Crippen LogP contribution < -0.4 is 0 Å². The third kappa shape index (κ3) is 4.61. The number of ether oxygens (including phenoxy) is 1. The summed E-state index contributed by atoms with van der Waals surface area (Å²) in [6.07, 6.45) is -4.92. The topological polar surface area (TPSA) is 9.23 Å². The van der Waals surface area contributed by atoms with E-state index >= 15 is 0 Å². The van der Waals surface area contributed by atoms with Crippen LogP contribution in [0.15, 0.2) is 0 Å². The van der Waals surface area contributed by atoms with Crippen molar-refractivity contribution in [3.63, 3.8) is 0 Å². The van der Waals surface area contributed by atoms with Gasteiger partial charge >= 0.3 is 6.11 Å². The Bertz CT molecular complexity index is 93.0. The molecule has 0 spiro atoms. The molecule has 1 unspecified atom stereocenters. The van der Waals surface area contributed by atoms with Gasteiger partial charge in [-0.05, 0) is 6.92 Å². The standard InChI is InChI=1S/C6H11F3O/c1-3-6(8,9)10-4-5(2)7/h5H,3-4H2,1-2H3. The molecular weight excluding hydrogens is 145 g/mol. The van der Waals surface area contributed by atoms with Crippen molar-refractivity contribution in [2.24, 2.45) is 0 Å². The number of hydrogen-bond donors (Lipinski definition) is 0. The fourth-order valence-electron chi connectivity index (χ4n) is 0.339. The van der Waals surface area contributed by atoms with E-state index in [1.807, 2.05) is 0 Å². The van der Waals surface area contributed by atoms with Crippen molar-refractivity contribution >= 4 is 0 Å². The van der Waals surface area contributed by atoms with Gasteiger partial charge in [-0.3, -0.25) is 0 Å². The van der Waals surface area contributed by atoms with Crippen molar-refractivity contribution in [2.75, 3.05) is 6.61 Å². The number of halogens is 3. The van der Waals surface area contributed by atoms with Crippen molar-refractivity contribution in [1.82, 2.24) is 0 Å². The van der Waals surface area contributed by atoms with E-state index in [4.69, 9.17) is 0 Å². The van der Waals surface area contributed by atoms with Crippen LogP contribution in [0.1, 0.15) is 20.3 Å². The lowest BCUT2D eigenvalue weighted by atomic mass is 10.4. The summed E-state index contributed by atoms with van der Waals surface area (Å²) in [6, 6.07) is 0. The molecule has 10 heavy (non-hydrogen) atoms. The SMILES string of the molecule is CCC(F)(F)OCC(C)F. The Kier molecular flexibility index (Phi) is 3.71. The van der Waals surface area contributed by atoms with Crippen molar-refractivity contribution < 1.29 is 17.9 Å². The highest BCUT2D eigenvalue weighted by Crippen LogP contribution is 2.19. The molecule has 0 N–H and O–H groups in total. The second-order valence-electron chi connectivity index (χ2n) is 2.08. The summed E-state index contributed by atoms with van der Waals surface area (Å²) in [5.74, 6) is 0. The molecule has 0 saturated heterocycles. The van der Waals surface area contributed by atoms with Gasteiger partial charge in [-0.15, -0.1) is 0 Å². The fourth-order valence-corrected chi connectivity index (χ4v) is 0.339. The molecule has 0 bridgehead atoms. The Balaban J connectivity index is 3.46.